The van der Waals surface area contributed by atoms with Crippen molar-refractivity contribution in [3.05, 3.63) is 77.1 Å². The van der Waals surface area contributed by atoms with Gasteiger partial charge in [-0.15, -0.1) is 0 Å². The van der Waals surface area contributed by atoms with Gasteiger partial charge in [0.1, 0.15) is 6.33 Å². The van der Waals surface area contributed by atoms with Crippen molar-refractivity contribution < 1.29 is 19.4 Å². The first-order chi connectivity index (χ1) is 16.6. The fourth-order valence-electron chi connectivity index (χ4n) is 3.66. The number of thioether (sulfide) groups is 1. The average Bonchev–Trinajstić information content (AvgIpc) is 3.40. The monoisotopic (exact) mass is 483 g/mol. The van der Waals surface area contributed by atoms with E-state index in [1.54, 1.807) is 11.8 Å². The van der Waals surface area contributed by atoms with Crippen molar-refractivity contribution in [2.75, 3.05) is 12.3 Å². The third kappa shape index (κ3) is 6.57. The van der Waals surface area contributed by atoms with Gasteiger partial charge in [0.15, 0.2) is 11.4 Å². The molecule has 34 heavy (non-hydrogen) atoms. The van der Waals surface area contributed by atoms with E-state index in [4.69, 9.17) is 9.47 Å². The summed E-state index contributed by atoms with van der Waals surface area (Å²) in [7, 11) is 0. The van der Waals surface area contributed by atoms with Crippen LogP contribution in [0.3, 0.4) is 0 Å². The molecule has 1 saturated heterocycles. The molecule has 3 unspecified atom stereocenters. The topological polar surface area (TPSA) is 121 Å². The van der Waals surface area contributed by atoms with Crippen LogP contribution in [0.4, 0.5) is 4.79 Å². The Labute approximate surface area is 202 Å². The first kappa shape index (κ1) is 24.2. The number of urea groups is 1. The Kier molecular flexibility index (Phi) is 8.53. The van der Waals surface area contributed by atoms with Crippen LogP contribution in [-0.2, 0) is 22.6 Å². The second-order valence-electron chi connectivity index (χ2n) is 7.91. The highest BCUT2D eigenvalue weighted by Gasteiger charge is 2.32. The number of aliphatic hydroxyl groups is 1. The lowest BCUT2D eigenvalue weighted by molar-refractivity contribution is -0.245. The Balaban J connectivity index is 1.45. The molecular formula is C24H29N5O4S. The van der Waals surface area contributed by atoms with Crippen molar-refractivity contribution in [3.8, 4) is 0 Å². The first-order valence-corrected chi connectivity index (χ1v) is 12.2. The van der Waals surface area contributed by atoms with Crippen LogP contribution in [0, 0.1) is 0 Å². The number of ether oxygens (including phenoxy) is 2. The quantitative estimate of drug-likeness (QED) is 0.344. The highest BCUT2D eigenvalue weighted by Crippen LogP contribution is 2.39. The van der Waals surface area contributed by atoms with Crippen molar-refractivity contribution in [2.24, 2.45) is 0 Å². The molecular weight excluding hydrogens is 454 g/mol. The maximum absolute atomic E-state index is 11.6. The van der Waals surface area contributed by atoms with Crippen LogP contribution in [0.15, 0.2) is 60.0 Å². The third-order valence-corrected chi connectivity index (χ3v) is 6.46. The second-order valence-corrected chi connectivity index (χ2v) is 8.92. The molecule has 0 aliphatic carbocycles. The number of benzene rings is 2. The van der Waals surface area contributed by atoms with E-state index in [0.717, 1.165) is 27.4 Å². The van der Waals surface area contributed by atoms with E-state index >= 15 is 0 Å². The van der Waals surface area contributed by atoms with Crippen LogP contribution in [0.2, 0.25) is 0 Å². The molecule has 2 aromatic carbocycles. The Morgan fingerprint density at radius 3 is 2.50 bits per heavy atom. The van der Waals surface area contributed by atoms with E-state index in [2.05, 4.69) is 25.8 Å². The summed E-state index contributed by atoms with van der Waals surface area (Å²) in [4.78, 5) is 15.8. The summed E-state index contributed by atoms with van der Waals surface area (Å²) in [5, 5.41) is 22.4. The molecule has 9 nitrogen and oxygen atoms in total. The van der Waals surface area contributed by atoms with Crippen molar-refractivity contribution in [1.82, 2.24) is 25.8 Å². The summed E-state index contributed by atoms with van der Waals surface area (Å²) in [5.41, 5.74) is 3.80. The zero-order valence-corrected chi connectivity index (χ0v) is 19.8. The van der Waals surface area contributed by atoms with Crippen LogP contribution in [0.25, 0.3) is 0 Å². The highest BCUT2D eigenvalue weighted by molar-refractivity contribution is 7.99. The fourth-order valence-corrected chi connectivity index (χ4v) is 4.45. The number of aromatic amines is 1. The van der Waals surface area contributed by atoms with Crippen molar-refractivity contribution >= 4 is 17.8 Å². The van der Waals surface area contributed by atoms with Gasteiger partial charge in [0.05, 0.1) is 18.8 Å². The second kappa shape index (κ2) is 12.0. The van der Waals surface area contributed by atoms with Crippen molar-refractivity contribution in [3.63, 3.8) is 0 Å². The lowest BCUT2D eigenvalue weighted by Gasteiger charge is -2.36. The molecule has 1 fully saturated rings. The Hall–Kier alpha value is -2.92. The largest absolute Gasteiger partial charge is 0.392 e. The standard InChI is InChI=1S/C24H29N5O4S/c1-2-25-23(31)26-12-16-3-9-19(10-4-16)22-32-20(14-34-24-27-15-28-29-24)11-21(33-22)18-7-5-17(13-30)6-8-18/h3-10,15,20-22,30H,2,11-14H2,1H3,(H2,25,26,31)(H,27,28,29). The van der Waals surface area contributed by atoms with Gasteiger partial charge in [-0.05, 0) is 23.6 Å². The van der Waals surface area contributed by atoms with Gasteiger partial charge in [-0.2, -0.15) is 5.10 Å². The minimum absolute atomic E-state index is 0.00922. The minimum atomic E-state index is -0.526. The zero-order valence-electron chi connectivity index (χ0n) is 18.9. The number of nitrogens with zero attached hydrogens (tertiary/aromatic N) is 2. The average molecular weight is 484 g/mol. The molecule has 2 amide bonds. The predicted octanol–water partition coefficient (Wildman–Crippen LogP) is 3.45. The molecule has 0 radical (unpaired) electrons. The van der Waals surface area contributed by atoms with E-state index in [1.807, 2.05) is 55.5 Å². The molecule has 1 aliphatic rings. The lowest BCUT2D eigenvalue weighted by atomic mass is 10.0. The smallest absolute Gasteiger partial charge is 0.315 e. The number of H-pyrrole nitrogens is 1. The zero-order chi connectivity index (χ0) is 23.8. The van der Waals surface area contributed by atoms with Gasteiger partial charge in [0.25, 0.3) is 0 Å². The van der Waals surface area contributed by atoms with Crippen LogP contribution >= 0.6 is 11.8 Å². The number of nitrogens with one attached hydrogen (secondary N) is 3. The molecule has 0 spiro atoms. The van der Waals surface area contributed by atoms with E-state index < -0.39 is 6.29 Å². The molecule has 0 bridgehead atoms. The Morgan fingerprint density at radius 1 is 1.09 bits per heavy atom. The van der Waals surface area contributed by atoms with Crippen LogP contribution in [0.5, 0.6) is 0 Å². The lowest BCUT2D eigenvalue weighted by Crippen LogP contribution is -2.34. The molecule has 10 heteroatoms. The summed E-state index contributed by atoms with van der Waals surface area (Å²) in [6, 6.07) is 15.5. The van der Waals surface area contributed by atoms with E-state index in [-0.39, 0.29) is 24.8 Å². The summed E-state index contributed by atoms with van der Waals surface area (Å²) >= 11 is 1.56. The minimum Gasteiger partial charge on any atom is -0.392 e. The molecule has 3 atom stereocenters. The number of carbonyl (C=O) groups excluding carboxylic acids is 1. The van der Waals surface area contributed by atoms with Crippen LogP contribution in [0.1, 0.15) is 48.0 Å². The van der Waals surface area contributed by atoms with Gasteiger partial charge < -0.3 is 25.2 Å². The summed E-state index contributed by atoms with van der Waals surface area (Å²) in [6.07, 6.45) is 1.46. The summed E-state index contributed by atoms with van der Waals surface area (Å²) in [5.74, 6) is 0.703. The Morgan fingerprint density at radius 2 is 1.82 bits per heavy atom. The number of hydrogen-bond donors (Lipinski definition) is 4. The molecule has 1 aromatic heterocycles. The van der Waals surface area contributed by atoms with Gasteiger partial charge in [-0.25, -0.2) is 9.78 Å². The van der Waals surface area contributed by atoms with Gasteiger partial charge in [-0.3, -0.25) is 5.10 Å². The van der Waals surface area contributed by atoms with Crippen LogP contribution < -0.4 is 10.6 Å². The molecule has 180 valence electrons. The molecule has 4 rings (SSSR count). The number of amides is 2. The SMILES string of the molecule is CCNC(=O)NCc1ccc(C2OC(CSc3ncn[nH]3)CC(c3ccc(CO)cc3)O2)cc1. The van der Waals surface area contributed by atoms with Gasteiger partial charge in [0, 0.05) is 30.8 Å². The third-order valence-electron chi connectivity index (χ3n) is 5.46. The molecule has 2 heterocycles. The fraction of sp³-hybridized carbons (Fsp3) is 0.375. The Bertz CT molecular complexity index is 1030. The molecule has 1 aliphatic heterocycles. The van der Waals surface area contributed by atoms with Crippen LogP contribution in [-0.4, -0.2) is 44.7 Å². The number of carbonyl (C=O) groups is 1. The van der Waals surface area contributed by atoms with Gasteiger partial charge >= 0.3 is 6.03 Å². The number of hydrogen-bond acceptors (Lipinski definition) is 7. The number of aromatic nitrogens is 3. The highest BCUT2D eigenvalue weighted by atomic mass is 32.2. The molecule has 0 saturated carbocycles. The predicted molar refractivity (Wildman–Crippen MR) is 128 cm³/mol. The van der Waals surface area contributed by atoms with E-state index in [0.29, 0.717) is 25.3 Å². The summed E-state index contributed by atoms with van der Waals surface area (Å²) < 4.78 is 12.7. The van der Waals surface area contributed by atoms with E-state index in [1.165, 1.54) is 6.33 Å². The molecule has 4 N–H and O–H groups in total. The van der Waals surface area contributed by atoms with Crippen molar-refractivity contribution in [1.29, 1.82) is 0 Å². The van der Waals surface area contributed by atoms with Gasteiger partial charge in [-0.1, -0.05) is 60.3 Å². The number of rotatable bonds is 9. The summed E-state index contributed by atoms with van der Waals surface area (Å²) in [6.45, 7) is 2.91. The van der Waals surface area contributed by atoms with Crippen molar-refractivity contribution in [2.45, 2.75) is 50.2 Å². The number of aliphatic hydroxyl groups excluding tert-OH is 1. The first-order valence-electron chi connectivity index (χ1n) is 11.2. The van der Waals surface area contributed by atoms with E-state index in [9.17, 15) is 9.90 Å². The maximum atomic E-state index is 11.6. The normalized spacial score (nSPS) is 20.1. The maximum Gasteiger partial charge on any atom is 0.315 e. The molecule has 3 aromatic rings. The van der Waals surface area contributed by atoms with Gasteiger partial charge in [0.2, 0.25) is 0 Å².